The smallest absolute Gasteiger partial charge is 0.144 e. The summed E-state index contributed by atoms with van der Waals surface area (Å²) in [7, 11) is 5.30. The van der Waals surface area contributed by atoms with Crippen molar-refractivity contribution in [2.75, 3.05) is 57.7 Å². The number of methoxy groups -OCH3 is 2. The second kappa shape index (κ2) is 7.76. The van der Waals surface area contributed by atoms with Crippen LogP contribution in [0.4, 0.5) is 17.3 Å². The number of hydrogen-bond acceptors (Lipinski definition) is 7. The first kappa shape index (κ1) is 17.6. The molecule has 0 unspecified atom stereocenters. The SMILES string of the molecule is COc1cc(Nc2cc(N3CCN(C)CC3)ncn2)c(OC)cc1Cl. The van der Waals surface area contributed by atoms with Gasteiger partial charge in [0.05, 0.1) is 24.9 Å². The van der Waals surface area contributed by atoms with E-state index in [1.165, 1.54) is 0 Å². The van der Waals surface area contributed by atoms with Crippen LogP contribution in [0.2, 0.25) is 5.02 Å². The molecule has 0 atom stereocenters. The number of ether oxygens (including phenoxy) is 2. The number of aromatic nitrogens is 2. The highest BCUT2D eigenvalue weighted by atomic mass is 35.5. The lowest BCUT2D eigenvalue weighted by molar-refractivity contribution is 0.312. The van der Waals surface area contributed by atoms with Crippen LogP contribution in [0.5, 0.6) is 11.5 Å². The van der Waals surface area contributed by atoms with E-state index in [0.717, 1.165) is 37.7 Å². The molecule has 1 N–H and O–H groups in total. The number of benzene rings is 1. The number of likely N-dealkylation sites (N-methyl/N-ethyl adjacent to an activating group) is 1. The lowest BCUT2D eigenvalue weighted by Crippen LogP contribution is -2.44. The van der Waals surface area contributed by atoms with Crippen molar-refractivity contribution >= 4 is 28.9 Å². The Morgan fingerprint density at radius 1 is 1.00 bits per heavy atom. The van der Waals surface area contributed by atoms with E-state index >= 15 is 0 Å². The molecule has 134 valence electrons. The van der Waals surface area contributed by atoms with Crippen molar-refractivity contribution in [1.29, 1.82) is 0 Å². The molecule has 0 spiro atoms. The third-order valence-corrected chi connectivity index (χ3v) is 4.51. The van der Waals surface area contributed by atoms with E-state index in [4.69, 9.17) is 21.1 Å². The van der Waals surface area contributed by atoms with E-state index in [2.05, 4.69) is 32.1 Å². The van der Waals surface area contributed by atoms with Crippen molar-refractivity contribution in [1.82, 2.24) is 14.9 Å². The van der Waals surface area contributed by atoms with Gasteiger partial charge < -0.3 is 24.6 Å². The molecule has 0 radical (unpaired) electrons. The Bertz CT molecular complexity index is 735. The van der Waals surface area contributed by atoms with Crippen molar-refractivity contribution in [3.63, 3.8) is 0 Å². The van der Waals surface area contributed by atoms with Gasteiger partial charge in [-0.2, -0.15) is 0 Å². The summed E-state index contributed by atoms with van der Waals surface area (Å²) in [6, 6.07) is 5.44. The predicted octanol–water partition coefficient (Wildman–Crippen LogP) is 2.64. The van der Waals surface area contributed by atoms with E-state index in [-0.39, 0.29) is 0 Å². The molecule has 1 aliphatic heterocycles. The van der Waals surface area contributed by atoms with Gasteiger partial charge in [-0.1, -0.05) is 11.6 Å². The third kappa shape index (κ3) is 4.05. The summed E-state index contributed by atoms with van der Waals surface area (Å²) in [5.41, 5.74) is 0.728. The lowest BCUT2D eigenvalue weighted by atomic mass is 10.2. The van der Waals surface area contributed by atoms with E-state index < -0.39 is 0 Å². The molecule has 8 heteroatoms. The molecule has 1 fully saturated rings. The van der Waals surface area contributed by atoms with Gasteiger partial charge >= 0.3 is 0 Å². The number of piperazine rings is 1. The quantitative estimate of drug-likeness (QED) is 0.876. The molecule has 0 amide bonds. The predicted molar refractivity (Wildman–Crippen MR) is 99.6 cm³/mol. The van der Waals surface area contributed by atoms with Crippen molar-refractivity contribution in [2.24, 2.45) is 0 Å². The van der Waals surface area contributed by atoms with Crippen molar-refractivity contribution in [2.45, 2.75) is 0 Å². The summed E-state index contributed by atoms with van der Waals surface area (Å²) in [4.78, 5) is 13.3. The molecule has 1 saturated heterocycles. The Kier molecular flexibility index (Phi) is 5.45. The van der Waals surface area contributed by atoms with Crippen LogP contribution >= 0.6 is 11.6 Å². The summed E-state index contributed by atoms with van der Waals surface area (Å²) >= 11 is 6.15. The molecular weight excluding hydrogens is 342 g/mol. The van der Waals surface area contributed by atoms with E-state index in [1.807, 2.05) is 6.07 Å². The third-order valence-electron chi connectivity index (χ3n) is 4.22. The van der Waals surface area contributed by atoms with E-state index in [0.29, 0.717) is 22.3 Å². The van der Waals surface area contributed by atoms with Gasteiger partial charge in [-0.05, 0) is 7.05 Å². The first-order chi connectivity index (χ1) is 12.1. The minimum atomic E-state index is 0.491. The minimum absolute atomic E-state index is 0.491. The summed E-state index contributed by atoms with van der Waals surface area (Å²) < 4.78 is 10.7. The maximum absolute atomic E-state index is 6.15. The Labute approximate surface area is 152 Å². The van der Waals surface area contributed by atoms with Crippen LogP contribution in [0.15, 0.2) is 24.5 Å². The van der Waals surface area contributed by atoms with Crippen molar-refractivity contribution in [3.8, 4) is 11.5 Å². The number of rotatable bonds is 5. The Morgan fingerprint density at radius 3 is 2.40 bits per heavy atom. The van der Waals surface area contributed by atoms with Crippen LogP contribution in [-0.4, -0.2) is 62.3 Å². The highest BCUT2D eigenvalue weighted by molar-refractivity contribution is 6.32. The van der Waals surface area contributed by atoms with Gasteiger partial charge in [0.25, 0.3) is 0 Å². The van der Waals surface area contributed by atoms with Gasteiger partial charge in [0.2, 0.25) is 0 Å². The molecule has 2 heterocycles. The van der Waals surface area contributed by atoms with Gasteiger partial charge in [0.1, 0.15) is 29.5 Å². The standard InChI is InChI=1S/C17H22ClN5O2/c1-22-4-6-23(7-5-22)17-10-16(19-11-20-17)21-13-9-14(24-2)12(18)8-15(13)25-3/h8-11H,4-7H2,1-3H3,(H,19,20,21). The van der Waals surface area contributed by atoms with Crippen molar-refractivity contribution in [3.05, 3.63) is 29.5 Å². The molecule has 0 bridgehead atoms. The maximum atomic E-state index is 6.15. The van der Waals surface area contributed by atoms with Crippen LogP contribution in [0.1, 0.15) is 0 Å². The zero-order valence-corrected chi connectivity index (χ0v) is 15.4. The molecule has 7 nitrogen and oxygen atoms in total. The van der Waals surface area contributed by atoms with Crippen LogP contribution in [0.25, 0.3) is 0 Å². The Hall–Kier alpha value is -2.25. The van der Waals surface area contributed by atoms with Crippen LogP contribution < -0.4 is 19.7 Å². The molecule has 0 saturated carbocycles. The zero-order valence-electron chi connectivity index (χ0n) is 14.6. The summed E-state index contributed by atoms with van der Waals surface area (Å²) in [6.07, 6.45) is 1.57. The monoisotopic (exact) mass is 363 g/mol. The number of halogens is 1. The average Bonchev–Trinajstić information content (AvgIpc) is 2.63. The van der Waals surface area contributed by atoms with Gasteiger partial charge in [0.15, 0.2) is 0 Å². The van der Waals surface area contributed by atoms with Gasteiger partial charge in [-0.3, -0.25) is 0 Å². The fourth-order valence-corrected chi connectivity index (χ4v) is 2.95. The first-order valence-electron chi connectivity index (χ1n) is 8.05. The fourth-order valence-electron chi connectivity index (χ4n) is 2.72. The molecule has 3 rings (SSSR count). The van der Waals surface area contributed by atoms with Gasteiger partial charge in [0, 0.05) is 44.4 Å². The highest BCUT2D eigenvalue weighted by Crippen LogP contribution is 2.37. The largest absolute Gasteiger partial charge is 0.495 e. The first-order valence-corrected chi connectivity index (χ1v) is 8.42. The summed E-state index contributed by atoms with van der Waals surface area (Å²) in [6.45, 7) is 3.94. The number of anilines is 3. The normalized spacial score (nSPS) is 15.1. The molecule has 1 aliphatic rings. The van der Waals surface area contributed by atoms with Crippen molar-refractivity contribution < 1.29 is 9.47 Å². The number of nitrogens with zero attached hydrogens (tertiary/aromatic N) is 4. The average molecular weight is 364 g/mol. The maximum Gasteiger partial charge on any atom is 0.144 e. The van der Waals surface area contributed by atoms with Crippen LogP contribution in [0, 0.1) is 0 Å². The lowest BCUT2D eigenvalue weighted by Gasteiger charge is -2.33. The topological polar surface area (TPSA) is 62.8 Å². The van der Waals surface area contributed by atoms with Gasteiger partial charge in [-0.15, -0.1) is 0 Å². The fraction of sp³-hybridized carbons (Fsp3) is 0.412. The Morgan fingerprint density at radius 2 is 1.72 bits per heavy atom. The minimum Gasteiger partial charge on any atom is -0.495 e. The zero-order chi connectivity index (χ0) is 17.8. The van der Waals surface area contributed by atoms with E-state index in [9.17, 15) is 0 Å². The number of nitrogens with one attached hydrogen (secondary N) is 1. The number of hydrogen-bond donors (Lipinski definition) is 1. The van der Waals surface area contributed by atoms with E-state index in [1.54, 1.807) is 32.7 Å². The molecule has 25 heavy (non-hydrogen) atoms. The van der Waals surface area contributed by atoms with Crippen LogP contribution in [-0.2, 0) is 0 Å². The molecule has 1 aromatic heterocycles. The molecule has 2 aromatic rings. The molecule has 0 aliphatic carbocycles. The second-order valence-corrected chi connectivity index (χ2v) is 6.27. The second-order valence-electron chi connectivity index (χ2n) is 5.86. The van der Waals surface area contributed by atoms with Crippen LogP contribution in [0.3, 0.4) is 0 Å². The van der Waals surface area contributed by atoms with Gasteiger partial charge in [-0.25, -0.2) is 9.97 Å². The summed E-state index contributed by atoms with van der Waals surface area (Å²) in [5.74, 6) is 2.78. The molecular formula is C17H22ClN5O2. The highest BCUT2D eigenvalue weighted by Gasteiger charge is 2.16. The Balaban J connectivity index is 1.83. The summed E-state index contributed by atoms with van der Waals surface area (Å²) in [5, 5.41) is 3.75. The molecule has 1 aromatic carbocycles.